The standard InChI is InChI=1S/C18H19NO/c1-12-10-15(11-13(2)19-12)18(20)17-9-4-3-8-16(17)14-6-5-7-14/h3-4,8-11,14H,5-7H2,1-2H3. The van der Waals surface area contributed by atoms with E-state index in [9.17, 15) is 4.79 Å². The molecule has 0 saturated heterocycles. The number of carbonyl (C=O) groups is 1. The van der Waals surface area contributed by atoms with Crippen LogP contribution in [0.15, 0.2) is 36.4 Å². The molecule has 102 valence electrons. The lowest BCUT2D eigenvalue weighted by Crippen LogP contribution is -2.14. The van der Waals surface area contributed by atoms with Crippen molar-refractivity contribution in [2.24, 2.45) is 0 Å². The normalized spacial score (nSPS) is 14.9. The summed E-state index contributed by atoms with van der Waals surface area (Å²) in [4.78, 5) is 17.1. The zero-order valence-electron chi connectivity index (χ0n) is 12.0. The van der Waals surface area contributed by atoms with Gasteiger partial charge in [-0.05, 0) is 50.3 Å². The Balaban J connectivity index is 2.01. The molecule has 0 amide bonds. The minimum Gasteiger partial charge on any atom is -0.289 e. The molecule has 0 unspecified atom stereocenters. The minimum atomic E-state index is 0.126. The topological polar surface area (TPSA) is 30.0 Å². The first-order valence-corrected chi connectivity index (χ1v) is 7.24. The Morgan fingerprint density at radius 1 is 1.10 bits per heavy atom. The highest BCUT2D eigenvalue weighted by Gasteiger charge is 2.24. The van der Waals surface area contributed by atoms with E-state index in [1.807, 2.05) is 44.2 Å². The second-order valence-corrected chi connectivity index (χ2v) is 5.68. The number of pyridine rings is 1. The summed E-state index contributed by atoms with van der Waals surface area (Å²) in [5.41, 5.74) is 4.63. The first-order chi connectivity index (χ1) is 9.65. The first-order valence-electron chi connectivity index (χ1n) is 7.24. The molecule has 0 aliphatic heterocycles. The molecule has 1 aromatic heterocycles. The summed E-state index contributed by atoms with van der Waals surface area (Å²) < 4.78 is 0. The maximum atomic E-state index is 12.8. The molecular weight excluding hydrogens is 246 g/mol. The summed E-state index contributed by atoms with van der Waals surface area (Å²) in [6.07, 6.45) is 3.69. The fourth-order valence-electron chi connectivity index (χ4n) is 2.90. The Bertz CT molecular complexity index is 636. The van der Waals surface area contributed by atoms with Crippen LogP contribution in [-0.4, -0.2) is 10.8 Å². The molecule has 3 rings (SSSR count). The number of hydrogen-bond donors (Lipinski definition) is 0. The molecule has 0 radical (unpaired) electrons. The van der Waals surface area contributed by atoms with E-state index in [2.05, 4.69) is 11.1 Å². The van der Waals surface area contributed by atoms with Crippen LogP contribution in [0.5, 0.6) is 0 Å². The van der Waals surface area contributed by atoms with Gasteiger partial charge in [-0.3, -0.25) is 9.78 Å². The van der Waals surface area contributed by atoms with E-state index in [0.29, 0.717) is 5.92 Å². The molecule has 1 aliphatic rings. The lowest BCUT2D eigenvalue weighted by atomic mass is 9.77. The number of rotatable bonds is 3. The lowest BCUT2D eigenvalue weighted by molar-refractivity contribution is 0.103. The molecule has 2 aromatic rings. The van der Waals surface area contributed by atoms with Crippen LogP contribution in [0.1, 0.15) is 58.1 Å². The minimum absolute atomic E-state index is 0.126. The molecule has 1 fully saturated rings. The highest BCUT2D eigenvalue weighted by Crippen LogP contribution is 2.38. The fraction of sp³-hybridized carbons (Fsp3) is 0.333. The molecule has 2 heteroatoms. The lowest BCUT2D eigenvalue weighted by Gasteiger charge is -2.27. The van der Waals surface area contributed by atoms with Crippen molar-refractivity contribution in [2.75, 3.05) is 0 Å². The van der Waals surface area contributed by atoms with Crippen LogP contribution in [0, 0.1) is 13.8 Å². The number of hydrogen-bond acceptors (Lipinski definition) is 2. The molecule has 0 N–H and O–H groups in total. The van der Waals surface area contributed by atoms with Gasteiger partial charge in [-0.1, -0.05) is 30.7 Å². The van der Waals surface area contributed by atoms with Gasteiger partial charge in [0.1, 0.15) is 0 Å². The maximum Gasteiger partial charge on any atom is 0.193 e. The molecule has 1 aliphatic carbocycles. The maximum absolute atomic E-state index is 12.8. The van der Waals surface area contributed by atoms with Gasteiger partial charge >= 0.3 is 0 Å². The monoisotopic (exact) mass is 265 g/mol. The molecule has 20 heavy (non-hydrogen) atoms. The van der Waals surface area contributed by atoms with Gasteiger partial charge in [0.05, 0.1) is 0 Å². The number of aryl methyl sites for hydroxylation is 2. The number of carbonyl (C=O) groups excluding carboxylic acids is 1. The summed E-state index contributed by atoms with van der Waals surface area (Å²) in [5.74, 6) is 0.695. The number of benzene rings is 1. The van der Waals surface area contributed by atoms with Crippen molar-refractivity contribution in [3.8, 4) is 0 Å². The van der Waals surface area contributed by atoms with Gasteiger partial charge in [-0.25, -0.2) is 0 Å². The smallest absolute Gasteiger partial charge is 0.193 e. The Morgan fingerprint density at radius 3 is 2.35 bits per heavy atom. The average Bonchev–Trinajstić information content (AvgIpc) is 2.35. The van der Waals surface area contributed by atoms with Crippen LogP contribution in [0.25, 0.3) is 0 Å². The van der Waals surface area contributed by atoms with Crippen LogP contribution in [0.3, 0.4) is 0 Å². The summed E-state index contributed by atoms with van der Waals surface area (Å²) in [6, 6.07) is 11.8. The van der Waals surface area contributed by atoms with Gasteiger partial charge in [0.25, 0.3) is 0 Å². The molecule has 0 spiro atoms. The van der Waals surface area contributed by atoms with E-state index in [-0.39, 0.29) is 5.78 Å². The molecule has 1 heterocycles. The Labute approximate surface area is 119 Å². The van der Waals surface area contributed by atoms with E-state index >= 15 is 0 Å². The highest BCUT2D eigenvalue weighted by molar-refractivity contribution is 6.10. The fourth-order valence-corrected chi connectivity index (χ4v) is 2.90. The van der Waals surface area contributed by atoms with Crippen LogP contribution in [-0.2, 0) is 0 Å². The van der Waals surface area contributed by atoms with Gasteiger partial charge < -0.3 is 0 Å². The summed E-state index contributed by atoms with van der Waals surface area (Å²) in [6.45, 7) is 3.86. The summed E-state index contributed by atoms with van der Waals surface area (Å²) in [7, 11) is 0. The van der Waals surface area contributed by atoms with Crippen LogP contribution in [0.4, 0.5) is 0 Å². The molecule has 0 bridgehead atoms. The molecule has 0 atom stereocenters. The first kappa shape index (κ1) is 13.0. The number of nitrogens with zero attached hydrogens (tertiary/aromatic N) is 1. The van der Waals surface area contributed by atoms with E-state index in [1.165, 1.54) is 24.8 Å². The second-order valence-electron chi connectivity index (χ2n) is 5.68. The molecule has 1 aromatic carbocycles. The van der Waals surface area contributed by atoms with E-state index in [4.69, 9.17) is 0 Å². The third kappa shape index (κ3) is 2.38. The van der Waals surface area contributed by atoms with Gasteiger partial charge in [0.2, 0.25) is 0 Å². The van der Waals surface area contributed by atoms with Crippen molar-refractivity contribution >= 4 is 5.78 Å². The van der Waals surface area contributed by atoms with Gasteiger partial charge in [0.15, 0.2) is 5.78 Å². The zero-order chi connectivity index (χ0) is 14.1. The van der Waals surface area contributed by atoms with Crippen LogP contribution >= 0.6 is 0 Å². The SMILES string of the molecule is Cc1cc(C(=O)c2ccccc2C2CCC2)cc(C)n1. The van der Waals surface area contributed by atoms with E-state index in [0.717, 1.165) is 22.5 Å². The zero-order valence-corrected chi connectivity index (χ0v) is 12.0. The number of aromatic nitrogens is 1. The van der Waals surface area contributed by atoms with Crippen molar-refractivity contribution in [3.63, 3.8) is 0 Å². The predicted octanol–water partition coefficient (Wildman–Crippen LogP) is 4.20. The number of ketones is 1. The van der Waals surface area contributed by atoms with Crippen LogP contribution in [0.2, 0.25) is 0 Å². The van der Waals surface area contributed by atoms with Gasteiger partial charge in [-0.2, -0.15) is 0 Å². The van der Waals surface area contributed by atoms with E-state index < -0.39 is 0 Å². The van der Waals surface area contributed by atoms with Crippen LogP contribution < -0.4 is 0 Å². The van der Waals surface area contributed by atoms with Crippen molar-refractivity contribution in [2.45, 2.75) is 39.0 Å². The highest BCUT2D eigenvalue weighted by atomic mass is 16.1. The summed E-state index contributed by atoms with van der Waals surface area (Å²) >= 11 is 0. The van der Waals surface area contributed by atoms with E-state index in [1.54, 1.807) is 0 Å². The molecule has 2 nitrogen and oxygen atoms in total. The molecular formula is C18H19NO. The van der Waals surface area contributed by atoms with Gasteiger partial charge in [0, 0.05) is 22.5 Å². The molecule has 1 saturated carbocycles. The average molecular weight is 265 g/mol. The predicted molar refractivity (Wildman–Crippen MR) is 80.2 cm³/mol. The third-order valence-corrected chi connectivity index (χ3v) is 4.09. The van der Waals surface area contributed by atoms with Crippen molar-refractivity contribution in [1.29, 1.82) is 0 Å². The largest absolute Gasteiger partial charge is 0.289 e. The Kier molecular flexibility index (Phi) is 3.39. The quantitative estimate of drug-likeness (QED) is 0.779. The Hall–Kier alpha value is -1.96. The summed E-state index contributed by atoms with van der Waals surface area (Å²) in [5, 5.41) is 0. The Morgan fingerprint density at radius 2 is 1.75 bits per heavy atom. The second kappa shape index (κ2) is 5.20. The van der Waals surface area contributed by atoms with Gasteiger partial charge in [-0.15, -0.1) is 0 Å². The van der Waals surface area contributed by atoms with Crippen molar-refractivity contribution in [1.82, 2.24) is 4.98 Å². The third-order valence-electron chi connectivity index (χ3n) is 4.09. The van der Waals surface area contributed by atoms with Crippen molar-refractivity contribution in [3.05, 3.63) is 64.5 Å². The van der Waals surface area contributed by atoms with Crippen molar-refractivity contribution < 1.29 is 4.79 Å².